The Morgan fingerprint density at radius 3 is 2.43 bits per heavy atom. The Labute approximate surface area is 178 Å². The molecule has 0 aliphatic heterocycles. The minimum Gasteiger partial charge on any atom is -0.250 e. The van der Waals surface area contributed by atoms with Gasteiger partial charge in [-0.05, 0) is 64.1 Å². The second-order valence-electron chi connectivity index (χ2n) is 8.11. The first-order valence-electron chi connectivity index (χ1n) is 9.32. The van der Waals surface area contributed by atoms with Gasteiger partial charge in [0.1, 0.15) is 5.82 Å². The molecule has 9 heteroatoms. The molecule has 0 spiro atoms. The van der Waals surface area contributed by atoms with E-state index >= 15 is 0 Å². The number of aromatic nitrogens is 2. The van der Waals surface area contributed by atoms with Gasteiger partial charge in [-0.25, -0.2) is 26.7 Å². The lowest BCUT2D eigenvalue weighted by Crippen LogP contribution is -2.35. The summed E-state index contributed by atoms with van der Waals surface area (Å²) >= 11 is 0. The molecule has 0 amide bonds. The minimum atomic E-state index is -3.51. The number of rotatable bonds is 5. The molecule has 1 N–H and O–H groups in total. The smallest absolute Gasteiger partial charge is 0.192 e. The van der Waals surface area contributed by atoms with Crippen LogP contribution in [0.4, 0.5) is 4.39 Å². The maximum Gasteiger partial charge on any atom is 0.192 e. The van der Waals surface area contributed by atoms with Gasteiger partial charge in [0, 0.05) is 17.2 Å². The van der Waals surface area contributed by atoms with E-state index in [9.17, 15) is 17.0 Å². The Kier molecular flexibility index (Phi) is 6.08. The standard InChI is InChI=1S/C21H24FN3O3S2/c1-13(25-29(26)21(2,3)4)20-16(12-14-11-15(22)9-10-17(14)24-20)18-7-6-8-19(23-18)30(5,27)28/h6-13,25H,1-5H3. The Bertz CT molecular complexity index is 1240. The average molecular weight is 450 g/mol. The third-order valence-corrected chi connectivity index (χ3v) is 7.10. The van der Waals surface area contributed by atoms with Crippen molar-refractivity contribution in [1.82, 2.24) is 14.7 Å². The van der Waals surface area contributed by atoms with Crippen molar-refractivity contribution >= 4 is 31.7 Å². The van der Waals surface area contributed by atoms with Crippen molar-refractivity contribution < 1.29 is 17.0 Å². The van der Waals surface area contributed by atoms with Crippen molar-refractivity contribution in [1.29, 1.82) is 0 Å². The zero-order chi connectivity index (χ0) is 22.3. The Hall–Kier alpha value is -2.23. The topological polar surface area (TPSA) is 89.0 Å². The highest BCUT2D eigenvalue weighted by molar-refractivity contribution is 7.90. The summed E-state index contributed by atoms with van der Waals surface area (Å²) in [5.41, 5.74) is 2.06. The summed E-state index contributed by atoms with van der Waals surface area (Å²) in [5, 5.41) is 0.494. The predicted octanol–water partition coefficient (Wildman–Crippen LogP) is 3.95. The SMILES string of the molecule is CC(NS(=O)C(C)(C)C)c1nc2ccc(F)cc2cc1-c1cccc(S(C)(=O)=O)n1. The Balaban J connectivity index is 2.21. The van der Waals surface area contributed by atoms with Gasteiger partial charge >= 0.3 is 0 Å². The van der Waals surface area contributed by atoms with Gasteiger partial charge in [0.25, 0.3) is 0 Å². The number of hydrogen-bond acceptors (Lipinski definition) is 5. The van der Waals surface area contributed by atoms with Crippen LogP contribution in [0, 0.1) is 5.82 Å². The number of halogens is 1. The monoisotopic (exact) mass is 449 g/mol. The van der Waals surface area contributed by atoms with Gasteiger partial charge in [-0.15, -0.1) is 0 Å². The number of hydrogen-bond donors (Lipinski definition) is 1. The molecule has 0 radical (unpaired) electrons. The van der Waals surface area contributed by atoms with Crippen molar-refractivity contribution in [3.63, 3.8) is 0 Å². The molecule has 2 aromatic heterocycles. The third kappa shape index (κ3) is 4.91. The molecule has 0 aliphatic rings. The van der Waals surface area contributed by atoms with Crippen LogP contribution in [0.15, 0.2) is 47.5 Å². The second kappa shape index (κ2) is 8.13. The molecule has 2 unspecified atom stereocenters. The van der Waals surface area contributed by atoms with E-state index in [1.54, 1.807) is 24.3 Å². The molecular weight excluding hydrogens is 425 g/mol. The third-order valence-electron chi connectivity index (χ3n) is 4.44. The number of fused-ring (bicyclic) bond motifs is 1. The zero-order valence-corrected chi connectivity index (χ0v) is 19.1. The molecule has 0 saturated carbocycles. The van der Waals surface area contributed by atoms with Crippen LogP contribution in [0.1, 0.15) is 39.4 Å². The largest absolute Gasteiger partial charge is 0.250 e. The molecule has 0 saturated heterocycles. The average Bonchev–Trinajstić information content (AvgIpc) is 2.65. The molecule has 0 aliphatic carbocycles. The van der Waals surface area contributed by atoms with E-state index in [-0.39, 0.29) is 5.03 Å². The molecular formula is C21H24FN3O3S2. The van der Waals surface area contributed by atoms with Gasteiger partial charge in [-0.2, -0.15) is 0 Å². The Morgan fingerprint density at radius 1 is 1.10 bits per heavy atom. The van der Waals surface area contributed by atoms with Crippen molar-refractivity contribution in [3.05, 3.63) is 54.0 Å². The van der Waals surface area contributed by atoms with Crippen LogP contribution in [0.25, 0.3) is 22.2 Å². The fourth-order valence-corrected chi connectivity index (χ4v) is 4.24. The van der Waals surface area contributed by atoms with Crippen LogP contribution >= 0.6 is 0 Å². The van der Waals surface area contributed by atoms with Crippen molar-refractivity contribution in [2.45, 2.75) is 43.5 Å². The van der Waals surface area contributed by atoms with E-state index in [0.29, 0.717) is 27.9 Å². The van der Waals surface area contributed by atoms with Crippen molar-refractivity contribution in [2.75, 3.05) is 6.26 Å². The molecule has 3 rings (SSSR count). The van der Waals surface area contributed by atoms with Gasteiger partial charge in [0.05, 0.1) is 38.7 Å². The van der Waals surface area contributed by atoms with Gasteiger partial charge < -0.3 is 0 Å². The molecule has 0 fully saturated rings. The van der Waals surface area contributed by atoms with Crippen LogP contribution in [-0.4, -0.2) is 33.6 Å². The van der Waals surface area contributed by atoms with Crippen molar-refractivity contribution in [2.24, 2.45) is 0 Å². The summed E-state index contributed by atoms with van der Waals surface area (Å²) in [5.74, 6) is -0.402. The van der Waals surface area contributed by atoms with Crippen LogP contribution in [0.2, 0.25) is 0 Å². The highest BCUT2D eigenvalue weighted by atomic mass is 32.2. The molecule has 0 bridgehead atoms. The quantitative estimate of drug-likeness (QED) is 0.637. The molecule has 2 heterocycles. The summed E-state index contributed by atoms with van der Waals surface area (Å²) in [4.78, 5) is 8.96. The lowest BCUT2D eigenvalue weighted by molar-refractivity contribution is 0.598. The lowest BCUT2D eigenvalue weighted by Gasteiger charge is -2.23. The normalized spacial score (nSPS) is 14.6. The fourth-order valence-electron chi connectivity index (χ4n) is 2.86. The summed E-state index contributed by atoms with van der Waals surface area (Å²) in [6.45, 7) is 7.40. The first-order chi connectivity index (χ1) is 13.9. The number of sulfone groups is 1. The molecule has 3 aromatic rings. The Morgan fingerprint density at radius 2 is 1.80 bits per heavy atom. The lowest BCUT2D eigenvalue weighted by atomic mass is 10.0. The van der Waals surface area contributed by atoms with Gasteiger partial charge in [0.15, 0.2) is 14.9 Å². The zero-order valence-electron chi connectivity index (χ0n) is 17.4. The van der Waals surface area contributed by atoms with Crippen LogP contribution in [0.3, 0.4) is 0 Å². The summed E-state index contributed by atoms with van der Waals surface area (Å²) < 4.78 is 52.9. The molecule has 30 heavy (non-hydrogen) atoms. The number of nitrogens with one attached hydrogen (secondary N) is 1. The van der Waals surface area contributed by atoms with Crippen LogP contribution < -0.4 is 4.72 Å². The molecule has 6 nitrogen and oxygen atoms in total. The fraction of sp³-hybridized carbons (Fsp3) is 0.333. The first kappa shape index (κ1) is 22.5. The van der Waals surface area contributed by atoms with Crippen LogP contribution in [0.5, 0.6) is 0 Å². The number of pyridine rings is 2. The van der Waals surface area contributed by atoms with E-state index in [1.165, 1.54) is 18.2 Å². The van der Waals surface area contributed by atoms with E-state index < -0.39 is 37.4 Å². The van der Waals surface area contributed by atoms with Gasteiger partial charge in [-0.1, -0.05) is 6.07 Å². The second-order valence-corrected chi connectivity index (χ2v) is 12.1. The summed E-state index contributed by atoms with van der Waals surface area (Å²) in [6, 6.07) is 10.3. The minimum absolute atomic E-state index is 0.0656. The summed E-state index contributed by atoms with van der Waals surface area (Å²) in [7, 11) is -4.86. The van der Waals surface area contributed by atoms with Gasteiger partial charge in [0.2, 0.25) is 0 Å². The maximum absolute atomic E-state index is 13.8. The maximum atomic E-state index is 13.8. The van der Waals surface area contributed by atoms with Crippen molar-refractivity contribution in [3.8, 4) is 11.3 Å². The summed E-state index contributed by atoms with van der Waals surface area (Å²) in [6.07, 6.45) is 1.09. The van der Waals surface area contributed by atoms with E-state index in [2.05, 4.69) is 14.7 Å². The first-order valence-corrected chi connectivity index (χ1v) is 12.4. The number of nitrogens with zero attached hydrogens (tertiary/aromatic N) is 2. The van der Waals surface area contributed by atoms with E-state index in [4.69, 9.17) is 0 Å². The van der Waals surface area contributed by atoms with Crippen LogP contribution in [-0.2, 0) is 20.8 Å². The predicted molar refractivity (Wildman–Crippen MR) is 117 cm³/mol. The molecule has 160 valence electrons. The highest BCUT2D eigenvalue weighted by Crippen LogP contribution is 2.31. The highest BCUT2D eigenvalue weighted by Gasteiger charge is 2.24. The molecule has 1 aromatic carbocycles. The van der Waals surface area contributed by atoms with E-state index in [0.717, 1.165) is 6.26 Å². The number of benzene rings is 1. The van der Waals surface area contributed by atoms with E-state index in [1.807, 2.05) is 27.7 Å². The van der Waals surface area contributed by atoms with Gasteiger partial charge in [-0.3, -0.25) is 4.98 Å². The molecule has 2 atom stereocenters.